The lowest BCUT2D eigenvalue weighted by Gasteiger charge is -2.31. The summed E-state index contributed by atoms with van der Waals surface area (Å²) in [4.78, 5) is 13.8. The molecule has 1 amide bonds. The molecule has 0 bridgehead atoms. The van der Waals surface area contributed by atoms with Crippen molar-refractivity contribution in [3.8, 4) is 0 Å². The van der Waals surface area contributed by atoms with Gasteiger partial charge in [0.25, 0.3) is 0 Å². The second-order valence-electron chi connectivity index (χ2n) is 5.34. The number of carbonyl (C=O) groups is 1. The third-order valence-electron chi connectivity index (χ3n) is 3.72. The number of amides is 1. The molecular weight excluding hydrogens is 271 g/mol. The lowest BCUT2D eigenvalue weighted by molar-refractivity contribution is -0.139. The predicted octanol–water partition coefficient (Wildman–Crippen LogP) is 1.37. The quantitative estimate of drug-likeness (QED) is 0.778. The Morgan fingerprint density at radius 2 is 1.95 bits per heavy atom. The summed E-state index contributed by atoms with van der Waals surface area (Å²) in [6.45, 7) is 6.29. The summed E-state index contributed by atoms with van der Waals surface area (Å²) in [6, 6.07) is -0.596. The summed E-state index contributed by atoms with van der Waals surface area (Å²) in [5, 5.41) is 4.91. The van der Waals surface area contributed by atoms with Crippen molar-refractivity contribution in [2.45, 2.75) is 38.9 Å². The van der Waals surface area contributed by atoms with Gasteiger partial charge in [-0.25, -0.2) is 0 Å². The number of carbonyl (C=O) groups excluding carboxylic acids is 1. The first-order chi connectivity index (χ1) is 9.31. The minimum absolute atomic E-state index is 0.496. The Morgan fingerprint density at radius 1 is 1.35 bits per heavy atom. The second-order valence-corrected chi connectivity index (χ2v) is 5.34. The van der Waals surface area contributed by atoms with Gasteiger partial charge in [0.2, 0.25) is 5.91 Å². The van der Waals surface area contributed by atoms with Gasteiger partial charge in [-0.05, 0) is 51.9 Å². The lowest BCUT2D eigenvalue weighted by Crippen LogP contribution is -2.47. The molecule has 0 saturated carbocycles. The van der Waals surface area contributed by atoms with E-state index in [1.54, 1.807) is 6.92 Å². The zero-order chi connectivity index (χ0) is 15.2. The van der Waals surface area contributed by atoms with Crippen molar-refractivity contribution >= 4 is 5.91 Å². The predicted molar refractivity (Wildman–Crippen MR) is 71.4 cm³/mol. The van der Waals surface area contributed by atoms with Crippen molar-refractivity contribution < 1.29 is 18.0 Å². The fourth-order valence-corrected chi connectivity index (χ4v) is 2.28. The van der Waals surface area contributed by atoms with E-state index in [4.69, 9.17) is 0 Å². The van der Waals surface area contributed by atoms with Gasteiger partial charge in [-0.2, -0.15) is 13.2 Å². The van der Waals surface area contributed by atoms with Crippen LogP contribution in [0.5, 0.6) is 0 Å². The van der Waals surface area contributed by atoms with Gasteiger partial charge < -0.3 is 15.5 Å². The normalized spacial score (nSPS) is 19.9. The summed E-state index contributed by atoms with van der Waals surface area (Å²) in [6.07, 6.45) is -2.22. The molecule has 0 aromatic heterocycles. The van der Waals surface area contributed by atoms with Crippen LogP contribution in [0.25, 0.3) is 0 Å². The zero-order valence-electron chi connectivity index (χ0n) is 12.1. The second kappa shape index (κ2) is 7.83. The highest BCUT2D eigenvalue weighted by atomic mass is 19.4. The lowest BCUT2D eigenvalue weighted by atomic mass is 9.96. The smallest absolute Gasteiger partial charge is 0.346 e. The Balaban J connectivity index is 2.19. The number of halogens is 3. The summed E-state index contributed by atoms with van der Waals surface area (Å²) in [7, 11) is 0. The van der Waals surface area contributed by atoms with E-state index in [2.05, 4.69) is 17.1 Å². The molecule has 4 nitrogen and oxygen atoms in total. The van der Waals surface area contributed by atoms with E-state index >= 15 is 0 Å². The van der Waals surface area contributed by atoms with Crippen LogP contribution in [0.15, 0.2) is 0 Å². The molecule has 1 rings (SSSR count). The summed E-state index contributed by atoms with van der Waals surface area (Å²) in [5.74, 6) is -0.107. The topological polar surface area (TPSA) is 44.4 Å². The number of hydrogen-bond donors (Lipinski definition) is 2. The maximum absolute atomic E-state index is 12.0. The Labute approximate surface area is 118 Å². The number of nitrogens with zero attached hydrogens (tertiary/aromatic N) is 1. The van der Waals surface area contributed by atoms with Crippen LogP contribution in [-0.2, 0) is 4.79 Å². The average molecular weight is 295 g/mol. The van der Waals surface area contributed by atoms with Crippen LogP contribution < -0.4 is 10.6 Å². The number of likely N-dealkylation sites (tertiary alicyclic amines) is 1. The first-order valence-electron chi connectivity index (χ1n) is 7.12. The molecule has 0 aromatic carbocycles. The van der Waals surface area contributed by atoms with Crippen LogP contribution in [0.3, 0.4) is 0 Å². The molecule has 118 valence electrons. The van der Waals surface area contributed by atoms with Crippen LogP contribution in [-0.4, -0.2) is 55.7 Å². The molecule has 0 aromatic rings. The van der Waals surface area contributed by atoms with E-state index < -0.39 is 24.7 Å². The number of hydrogen-bond acceptors (Lipinski definition) is 3. The van der Waals surface area contributed by atoms with Crippen LogP contribution in [0.4, 0.5) is 13.2 Å². The van der Waals surface area contributed by atoms with Crippen LogP contribution in [0.2, 0.25) is 0 Å². The molecule has 1 heterocycles. The first kappa shape index (κ1) is 17.2. The van der Waals surface area contributed by atoms with Gasteiger partial charge in [0.15, 0.2) is 0 Å². The number of piperidine rings is 1. The Bertz CT molecular complexity index is 302. The number of rotatable bonds is 6. The van der Waals surface area contributed by atoms with E-state index in [1.807, 2.05) is 5.32 Å². The number of nitrogens with one attached hydrogen (secondary N) is 2. The molecule has 1 saturated heterocycles. The maximum atomic E-state index is 12.0. The van der Waals surface area contributed by atoms with Gasteiger partial charge in [-0.1, -0.05) is 6.92 Å². The van der Waals surface area contributed by atoms with Crippen LogP contribution >= 0.6 is 0 Å². The maximum Gasteiger partial charge on any atom is 0.405 e. The highest BCUT2D eigenvalue weighted by Crippen LogP contribution is 2.16. The molecule has 1 atom stereocenters. The van der Waals surface area contributed by atoms with Crippen molar-refractivity contribution in [3.05, 3.63) is 0 Å². The van der Waals surface area contributed by atoms with Crippen LogP contribution in [0.1, 0.15) is 26.7 Å². The Kier molecular flexibility index (Phi) is 6.75. The van der Waals surface area contributed by atoms with Gasteiger partial charge in [0.05, 0.1) is 6.04 Å². The molecule has 0 aliphatic carbocycles. The fourth-order valence-electron chi connectivity index (χ4n) is 2.28. The molecule has 7 heteroatoms. The third kappa shape index (κ3) is 6.56. The molecule has 1 unspecified atom stereocenters. The van der Waals surface area contributed by atoms with Crippen molar-refractivity contribution in [1.29, 1.82) is 0 Å². The zero-order valence-corrected chi connectivity index (χ0v) is 12.1. The average Bonchev–Trinajstić information content (AvgIpc) is 2.41. The van der Waals surface area contributed by atoms with E-state index in [9.17, 15) is 18.0 Å². The summed E-state index contributed by atoms with van der Waals surface area (Å²) in [5.41, 5.74) is 0. The number of alkyl halides is 3. The molecule has 1 fully saturated rings. The van der Waals surface area contributed by atoms with Crippen molar-refractivity contribution in [2.24, 2.45) is 5.92 Å². The van der Waals surface area contributed by atoms with E-state index in [0.29, 0.717) is 12.5 Å². The van der Waals surface area contributed by atoms with E-state index in [1.165, 1.54) is 0 Å². The molecule has 1 aliphatic heterocycles. The molecular formula is C13H24F3N3O. The van der Waals surface area contributed by atoms with Gasteiger partial charge in [0, 0.05) is 0 Å². The van der Waals surface area contributed by atoms with Gasteiger partial charge >= 0.3 is 6.18 Å². The molecule has 20 heavy (non-hydrogen) atoms. The SMILES string of the molecule is CCN1CCC(CNC(C)C(=O)NCC(F)(F)F)CC1. The van der Waals surface area contributed by atoms with E-state index in [-0.39, 0.29) is 0 Å². The highest BCUT2D eigenvalue weighted by molar-refractivity contribution is 5.81. The molecule has 0 radical (unpaired) electrons. The first-order valence-corrected chi connectivity index (χ1v) is 7.12. The van der Waals surface area contributed by atoms with E-state index in [0.717, 1.165) is 32.5 Å². The van der Waals surface area contributed by atoms with Crippen LogP contribution in [0, 0.1) is 5.92 Å². The minimum atomic E-state index is -4.36. The standard InChI is InChI=1S/C13H24F3N3O/c1-3-19-6-4-11(5-7-19)8-17-10(2)12(20)18-9-13(14,15)16/h10-11,17H,3-9H2,1-2H3,(H,18,20). The van der Waals surface area contributed by atoms with Gasteiger partial charge in [0.1, 0.15) is 6.54 Å². The Hall–Kier alpha value is -0.820. The van der Waals surface area contributed by atoms with Crippen molar-refractivity contribution in [1.82, 2.24) is 15.5 Å². The van der Waals surface area contributed by atoms with Gasteiger partial charge in [-0.15, -0.1) is 0 Å². The highest BCUT2D eigenvalue weighted by Gasteiger charge is 2.28. The third-order valence-corrected chi connectivity index (χ3v) is 3.72. The fraction of sp³-hybridized carbons (Fsp3) is 0.923. The summed E-state index contributed by atoms with van der Waals surface area (Å²) >= 11 is 0. The van der Waals surface area contributed by atoms with Crippen molar-refractivity contribution in [3.63, 3.8) is 0 Å². The monoisotopic (exact) mass is 295 g/mol. The Morgan fingerprint density at radius 3 is 2.45 bits per heavy atom. The largest absolute Gasteiger partial charge is 0.405 e. The van der Waals surface area contributed by atoms with Crippen molar-refractivity contribution in [2.75, 3.05) is 32.7 Å². The minimum Gasteiger partial charge on any atom is -0.346 e. The molecule has 2 N–H and O–H groups in total. The van der Waals surface area contributed by atoms with Gasteiger partial charge in [-0.3, -0.25) is 4.79 Å². The summed E-state index contributed by atoms with van der Waals surface area (Å²) < 4.78 is 36.0. The molecule has 0 spiro atoms. The molecule has 1 aliphatic rings.